The van der Waals surface area contributed by atoms with Gasteiger partial charge in [0.25, 0.3) is 0 Å². The second-order valence-corrected chi connectivity index (χ2v) is 5.79. The van der Waals surface area contributed by atoms with Crippen LogP contribution in [0.3, 0.4) is 0 Å². The zero-order valence-electron chi connectivity index (χ0n) is 12.8. The van der Waals surface area contributed by atoms with E-state index in [1.165, 1.54) is 5.56 Å². The maximum atomic E-state index is 9.15. The van der Waals surface area contributed by atoms with Gasteiger partial charge in [0.15, 0.2) is 5.65 Å². The van der Waals surface area contributed by atoms with Crippen LogP contribution in [0.15, 0.2) is 42.9 Å². The molecule has 1 saturated heterocycles. The second kappa shape index (κ2) is 5.96. The van der Waals surface area contributed by atoms with E-state index in [1.54, 1.807) is 17.2 Å². The van der Waals surface area contributed by atoms with Gasteiger partial charge < -0.3 is 10.0 Å². The summed E-state index contributed by atoms with van der Waals surface area (Å²) in [5, 5.41) is 14.4. The van der Waals surface area contributed by atoms with Gasteiger partial charge in [-0.05, 0) is 18.4 Å². The van der Waals surface area contributed by atoms with E-state index in [4.69, 9.17) is 5.11 Å². The fraction of sp³-hybridized carbons (Fsp3) is 0.353. The highest BCUT2D eigenvalue weighted by molar-refractivity contribution is 5.87. The average molecular weight is 309 g/mol. The summed E-state index contributed by atoms with van der Waals surface area (Å²) in [5.74, 6) is 0.936. The number of anilines is 1. The molecule has 118 valence electrons. The maximum Gasteiger partial charge on any atom is 0.163 e. The summed E-state index contributed by atoms with van der Waals surface area (Å²) in [6.07, 6.45) is 5.67. The van der Waals surface area contributed by atoms with Gasteiger partial charge in [0, 0.05) is 6.54 Å². The Kier molecular flexibility index (Phi) is 3.67. The topological polar surface area (TPSA) is 67.1 Å². The average Bonchev–Trinajstić information content (AvgIpc) is 3.23. The minimum absolute atomic E-state index is 0.0481. The van der Waals surface area contributed by atoms with E-state index in [1.807, 2.05) is 6.07 Å². The summed E-state index contributed by atoms with van der Waals surface area (Å²) in [4.78, 5) is 11.2. The third-order valence-electron chi connectivity index (χ3n) is 4.43. The molecular weight excluding hydrogens is 290 g/mol. The Morgan fingerprint density at radius 1 is 1.17 bits per heavy atom. The lowest BCUT2D eigenvalue weighted by Crippen LogP contribution is -2.23. The minimum atomic E-state index is 0.0481. The molecule has 2 aromatic heterocycles. The van der Waals surface area contributed by atoms with Crippen LogP contribution in [0.5, 0.6) is 0 Å². The minimum Gasteiger partial charge on any atom is -0.394 e. The smallest absolute Gasteiger partial charge is 0.163 e. The first-order valence-corrected chi connectivity index (χ1v) is 7.97. The third-order valence-corrected chi connectivity index (χ3v) is 4.43. The first kappa shape index (κ1) is 14.1. The van der Waals surface area contributed by atoms with Crippen molar-refractivity contribution < 1.29 is 5.11 Å². The molecule has 1 atom stereocenters. The van der Waals surface area contributed by atoms with Crippen molar-refractivity contribution in [3.8, 4) is 0 Å². The van der Waals surface area contributed by atoms with Crippen LogP contribution in [0.1, 0.15) is 24.4 Å². The van der Waals surface area contributed by atoms with E-state index in [2.05, 4.69) is 44.2 Å². The second-order valence-electron chi connectivity index (χ2n) is 5.79. The van der Waals surface area contributed by atoms with E-state index < -0.39 is 0 Å². The van der Waals surface area contributed by atoms with Gasteiger partial charge >= 0.3 is 0 Å². The highest BCUT2D eigenvalue weighted by Crippen LogP contribution is 2.37. The predicted molar refractivity (Wildman–Crippen MR) is 88.2 cm³/mol. The van der Waals surface area contributed by atoms with Crippen molar-refractivity contribution in [3.05, 3.63) is 48.4 Å². The lowest BCUT2D eigenvalue weighted by molar-refractivity contribution is 0.271. The molecule has 0 amide bonds. The molecule has 6 nitrogen and oxygen atoms in total. The van der Waals surface area contributed by atoms with E-state index in [0.29, 0.717) is 12.6 Å². The molecule has 0 saturated carbocycles. The molecule has 1 aliphatic rings. The first-order valence-electron chi connectivity index (χ1n) is 7.97. The Hall–Kier alpha value is -2.47. The van der Waals surface area contributed by atoms with Crippen LogP contribution in [0.4, 0.5) is 5.82 Å². The molecule has 1 N–H and O–H groups in total. The number of hydrogen-bond donors (Lipinski definition) is 1. The highest BCUT2D eigenvalue weighted by Gasteiger charge is 2.28. The number of aliphatic hydroxyl groups is 1. The van der Waals surface area contributed by atoms with Crippen LogP contribution in [-0.4, -0.2) is 38.0 Å². The van der Waals surface area contributed by atoms with E-state index in [-0.39, 0.29) is 6.61 Å². The molecule has 1 aliphatic heterocycles. The van der Waals surface area contributed by atoms with Crippen molar-refractivity contribution >= 4 is 16.9 Å². The van der Waals surface area contributed by atoms with Crippen molar-refractivity contribution in [1.82, 2.24) is 19.7 Å². The van der Waals surface area contributed by atoms with E-state index >= 15 is 0 Å². The van der Waals surface area contributed by atoms with Gasteiger partial charge in [-0.3, -0.25) is 0 Å². The molecule has 1 unspecified atom stereocenters. The summed E-state index contributed by atoms with van der Waals surface area (Å²) in [6, 6.07) is 10.9. The van der Waals surface area contributed by atoms with Crippen LogP contribution in [0.25, 0.3) is 11.0 Å². The number of fused-ring (bicyclic) bond motifs is 1. The number of benzene rings is 1. The normalized spacial score (nSPS) is 18.0. The van der Waals surface area contributed by atoms with Crippen LogP contribution in [0, 0.1) is 0 Å². The molecule has 0 spiro atoms. The Bertz CT molecular complexity index is 801. The summed E-state index contributed by atoms with van der Waals surface area (Å²) >= 11 is 0. The summed E-state index contributed by atoms with van der Waals surface area (Å²) < 4.78 is 1.73. The van der Waals surface area contributed by atoms with Crippen LogP contribution >= 0.6 is 0 Å². The standard InChI is InChI=1S/C17H19N5O/c23-10-9-22-17-14(11-20-22)16(18-12-19-17)21-8-4-7-15(21)13-5-2-1-3-6-13/h1-3,5-6,11-12,15,23H,4,7-10H2. The molecule has 4 rings (SSSR count). The van der Waals surface area contributed by atoms with Crippen molar-refractivity contribution in [2.75, 3.05) is 18.1 Å². The molecule has 0 aliphatic carbocycles. The van der Waals surface area contributed by atoms with Gasteiger partial charge in [-0.25, -0.2) is 14.6 Å². The zero-order chi connectivity index (χ0) is 15.6. The number of nitrogens with zero attached hydrogens (tertiary/aromatic N) is 5. The molecule has 6 heteroatoms. The molecule has 23 heavy (non-hydrogen) atoms. The Morgan fingerprint density at radius 3 is 2.87 bits per heavy atom. The van der Waals surface area contributed by atoms with Gasteiger partial charge in [0.05, 0.1) is 30.8 Å². The van der Waals surface area contributed by atoms with Crippen LogP contribution in [-0.2, 0) is 6.54 Å². The monoisotopic (exact) mass is 309 g/mol. The number of aromatic nitrogens is 4. The Balaban J connectivity index is 1.76. The summed E-state index contributed by atoms with van der Waals surface area (Å²) in [7, 11) is 0. The van der Waals surface area contributed by atoms with Crippen LogP contribution in [0.2, 0.25) is 0 Å². The van der Waals surface area contributed by atoms with Crippen molar-refractivity contribution in [2.24, 2.45) is 0 Å². The lowest BCUT2D eigenvalue weighted by atomic mass is 10.0. The fourth-order valence-corrected chi connectivity index (χ4v) is 3.41. The molecule has 3 aromatic rings. The van der Waals surface area contributed by atoms with Gasteiger partial charge in [-0.2, -0.15) is 5.10 Å². The number of aliphatic hydroxyl groups excluding tert-OH is 1. The fourth-order valence-electron chi connectivity index (χ4n) is 3.41. The van der Waals surface area contributed by atoms with Gasteiger partial charge in [0.2, 0.25) is 0 Å². The summed E-state index contributed by atoms with van der Waals surface area (Å²) in [6.45, 7) is 1.48. The van der Waals surface area contributed by atoms with Crippen LogP contribution < -0.4 is 4.90 Å². The molecule has 1 aromatic carbocycles. The molecular formula is C17H19N5O. The van der Waals surface area contributed by atoms with Gasteiger partial charge in [-0.15, -0.1) is 0 Å². The highest BCUT2D eigenvalue weighted by atomic mass is 16.3. The SMILES string of the molecule is OCCn1ncc2c(N3CCCC3c3ccccc3)ncnc21. The van der Waals surface area contributed by atoms with Gasteiger partial charge in [-0.1, -0.05) is 30.3 Å². The maximum absolute atomic E-state index is 9.15. The first-order chi connectivity index (χ1) is 11.4. The quantitative estimate of drug-likeness (QED) is 0.800. The predicted octanol–water partition coefficient (Wildman–Crippen LogP) is 2.16. The Morgan fingerprint density at radius 2 is 2.04 bits per heavy atom. The molecule has 1 fully saturated rings. The summed E-state index contributed by atoms with van der Waals surface area (Å²) in [5.41, 5.74) is 2.10. The molecule has 3 heterocycles. The van der Waals surface area contributed by atoms with E-state index in [0.717, 1.165) is 36.2 Å². The van der Waals surface area contributed by atoms with Gasteiger partial charge in [0.1, 0.15) is 12.1 Å². The molecule has 0 radical (unpaired) electrons. The van der Waals surface area contributed by atoms with Crippen molar-refractivity contribution in [3.63, 3.8) is 0 Å². The number of hydrogen-bond acceptors (Lipinski definition) is 5. The largest absolute Gasteiger partial charge is 0.394 e. The van der Waals surface area contributed by atoms with E-state index in [9.17, 15) is 0 Å². The van der Waals surface area contributed by atoms with Crippen molar-refractivity contribution in [1.29, 1.82) is 0 Å². The number of rotatable bonds is 4. The Labute approximate surface area is 134 Å². The third kappa shape index (κ3) is 2.45. The van der Waals surface area contributed by atoms with Crippen molar-refractivity contribution in [2.45, 2.75) is 25.4 Å². The zero-order valence-corrected chi connectivity index (χ0v) is 12.8. The molecule has 0 bridgehead atoms. The lowest BCUT2D eigenvalue weighted by Gasteiger charge is -2.26.